The summed E-state index contributed by atoms with van der Waals surface area (Å²) in [7, 11) is 1.56. The van der Waals surface area contributed by atoms with Crippen LogP contribution in [0.25, 0.3) is 0 Å². The number of hydrogen-bond acceptors (Lipinski definition) is 8. The van der Waals surface area contributed by atoms with E-state index in [2.05, 4.69) is 10.3 Å². The van der Waals surface area contributed by atoms with Crippen molar-refractivity contribution in [2.24, 2.45) is 0 Å². The van der Waals surface area contributed by atoms with E-state index in [1.165, 1.54) is 6.07 Å². The number of aliphatic hydroxyl groups excluding tert-OH is 1. The highest BCUT2D eigenvalue weighted by molar-refractivity contribution is 6.00. The third kappa shape index (κ3) is 3.93. The zero-order valence-electron chi connectivity index (χ0n) is 14.8. The minimum Gasteiger partial charge on any atom is -0.495 e. The van der Waals surface area contributed by atoms with E-state index in [-0.39, 0.29) is 30.5 Å². The Balaban J connectivity index is 1.68. The second-order valence-corrected chi connectivity index (χ2v) is 6.66. The predicted octanol–water partition coefficient (Wildman–Crippen LogP) is 0.463. The molecule has 2 aliphatic rings. The first-order valence-electron chi connectivity index (χ1n) is 8.49. The van der Waals surface area contributed by atoms with Gasteiger partial charge < -0.3 is 26.3 Å². The smallest absolute Gasteiger partial charge is 0.351 e. The molecule has 9 nitrogen and oxygen atoms in total. The number of aromatic nitrogens is 2. The van der Waals surface area contributed by atoms with Gasteiger partial charge in [0, 0.05) is 44.9 Å². The molecule has 1 aromatic rings. The maximum atomic E-state index is 14.4. The fourth-order valence-corrected chi connectivity index (χ4v) is 3.39. The van der Waals surface area contributed by atoms with Gasteiger partial charge in [-0.25, -0.2) is 13.6 Å². The van der Waals surface area contributed by atoms with Crippen LogP contribution in [0.15, 0.2) is 28.5 Å². The van der Waals surface area contributed by atoms with Crippen molar-refractivity contribution in [1.82, 2.24) is 19.8 Å². The molecule has 5 N–H and O–H groups in total. The monoisotopic (exact) mass is 384 g/mol. The number of alkyl halides is 2. The number of halogens is 2. The molecule has 2 aliphatic heterocycles. The van der Waals surface area contributed by atoms with Gasteiger partial charge in [-0.05, 0) is 12.5 Å². The van der Waals surface area contributed by atoms with E-state index >= 15 is 0 Å². The van der Waals surface area contributed by atoms with Gasteiger partial charge in [-0.1, -0.05) is 0 Å². The number of anilines is 1. The van der Waals surface area contributed by atoms with Gasteiger partial charge in [-0.2, -0.15) is 4.98 Å². The molecule has 27 heavy (non-hydrogen) atoms. The number of aliphatic hydroxyl groups is 1. The Bertz CT molecular complexity index is 825. The lowest BCUT2D eigenvalue weighted by Gasteiger charge is -2.30. The Labute approximate surface area is 153 Å². The third-order valence-electron chi connectivity index (χ3n) is 4.70. The fourth-order valence-electron chi connectivity index (χ4n) is 3.39. The molecule has 1 unspecified atom stereocenters. The molecule has 3 rings (SSSR count). The van der Waals surface area contributed by atoms with Crippen molar-refractivity contribution in [3.63, 3.8) is 0 Å². The number of ether oxygens (including phenoxy) is 1. The summed E-state index contributed by atoms with van der Waals surface area (Å²) >= 11 is 0. The number of hydrogen-bond donors (Lipinski definition) is 4. The molecule has 0 bridgehead atoms. The Kier molecular flexibility index (Phi) is 5.16. The van der Waals surface area contributed by atoms with Crippen LogP contribution in [0.1, 0.15) is 19.1 Å². The first kappa shape index (κ1) is 19.2. The second kappa shape index (κ2) is 7.24. The van der Waals surface area contributed by atoms with Crippen molar-refractivity contribution in [1.29, 1.82) is 5.41 Å². The van der Waals surface area contributed by atoms with E-state index in [9.17, 15) is 18.7 Å². The van der Waals surface area contributed by atoms with Crippen molar-refractivity contribution in [2.45, 2.75) is 31.1 Å². The lowest BCUT2D eigenvalue weighted by molar-refractivity contribution is -0.118. The maximum absolute atomic E-state index is 14.4. The third-order valence-corrected chi connectivity index (χ3v) is 4.70. The number of likely N-dealkylation sites (tertiary alicyclic amines) is 1. The van der Waals surface area contributed by atoms with Gasteiger partial charge in [0.25, 0.3) is 5.92 Å². The van der Waals surface area contributed by atoms with Gasteiger partial charge in [0.2, 0.25) is 6.23 Å². The first-order valence-corrected chi connectivity index (χ1v) is 8.49. The molecule has 0 spiro atoms. The first-order chi connectivity index (χ1) is 12.7. The largest absolute Gasteiger partial charge is 0.495 e. The second-order valence-electron chi connectivity index (χ2n) is 6.66. The number of nitrogens with zero attached hydrogens (tertiary/aromatic N) is 3. The van der Waals surface area contributed by atoms with Crippen molar-refractivity contribution in [3.05, 3.63) is 34.2 Å². The topological polar surface area (TPSA) is 129 Å². The highest BCUT2D eigenvalue weighted by Crippen LogP contribution is 2.42. The molecular weight excluding hydrogens is 362 g/mol. The molecule has 0 aliphatic carbocycles. The molecule has 3 heterocycles. The maximum Gasteiger partial charge on any atom is 0.351 e. The average molecular weight is 384 g/mol. The van der Waals surface area contributed by atoms with Crippen LogP contribution in [0.3, 0.4) is 0 Å². The zero-order valence-corrected chi connectivity index (χ0v) is 14.8. The Morgan fingerprint density at radius 1 is 1.59 bits per heavy atom. The SMILES string of the molecule is CN/C(O)=C1/CCN(CC2CC(F)(F)[C@H](n3ccc(N)nc3=O)O2)CC1=N. The summed E-state index contributed by atoms with van der Waals surface area (Å²) in [6.45, 7) is 0.919. The van der Waals surface area contributed by atoms with E-state index in [4.69, 9.17) is 15.9 Å². The summed E-state index contributed by atoms with van der Waals surface area (Å²) in [5.41, 5.74) is 5.25. The van der Waals surface area contributed by atoms with Crippen LogP contribution in [-0.2, 0) is 4.74 Å². The van der Waals surface area contributed by atoms with Gasteiger partial charge in [-0.15, -0.1) is 0 Å². The minimum absolute atomic E-state index is 0.0430. The van der Waals surface area contributed by atoms with Gasteiger partial charge >= 0.3 is 5.69 Å². The molecule has 0 radical (unpaired) electrons. The standard InChI is InChI=1S/C16H22F2N6O3/c1-21-13(25)10-2-4-23(8-11(10)19)7-9-6-16(17,18)14(27-9)24-5-3-12(20)22-15(24)26/h3,5,9,14,19,21,25H,2,4,6-8H2,1H3,(H2,20,22,26)/b13-10+,19-11?/t9?,14-/m1/s1. The van der Waals surface area contributed by atoms with Crippen LogP contribution in [0.2, 0.25) is 0 Å². The quantitative estimate of drug-likeness (QED) is 0.555. The minimum atomic E-state index is -3.23. The van der Waals surface area contributed by atoms with Crippen LogP contribution >= 0.6 is 0 Å². The molecule has 0 saturated carbocycles. The number of nitrogens with one attached hydrogen (secondary N) is 2. The van der Waals surface area contributed by atoms with Crippen molar-refractivity contribution in [3.8, 4) is 0 Å². The average Bonchev–Trinajstić information content (AvgIpc) is 2.88. The van der Waals surface area contributed by atoms with E-state index in [0.717, 1.165) is 10.8 Å². The van der Waals surface area contributed by atoms with Crippen molar-refractivity contribution < 1.29 is 18.6 Å². The van der Waals surface area contributed by atoms with Gasteiger partial charge in [0.05, 0.1) is 11.8 Å². The van der Waals surface area contributed by atoms with Crippen molar-refractivity contribution in [2.75, 3.05) is 32.4 Å². The molecule has 2 saturated heterocycles. The summed E-state index contributed by atoms with van der Waals surface area (Å²) in [4.78, 5) is 17.2. The van der Waals surface area contributed by atoms with E-state index in [0.29, 0.717) is 18.5 Å². The molecule has 2 atom stereocenters. The lowest BCUT2D eigenvalue weighted by Crippen LogP contribution is -2.42. The normalized spacial score (nSPS) is 27.6. The summed E-state index contributed by atoms with van der Waals surface area (Å²) in [6, 6.07) is 1.27. The van der Waals surface area contributed by atoms with Crippen LogP contribution in [0, 0.1) is 5.41 Å². The van der Waals surface area contributed by atoms with Crippen LogP contribution in [-0.4, -0.2) is 64.0 Å². The van der Waals surface area contributed by atoms with E-state index in [1.54, 1.807) is 7.05 Å². The number of piperidine rings is 1. The van der Waals surface area contributed by atoms with E-state index < -0.39 is 30.4 Å². The molecule has 11 heteroatoms. The molecule has 1 aromatic heterocycles. The Morgan fingerprint density at radius 2 is 2.33 bits per heavy atom. The predicted molar refractivity (Wildman–Crippen MR) is 93.9 cm³/mol. The highest BCUT2D eigenvalue weighted by atomic mass is 19.3. The van der Waals surface area contributed by atoms with Crippen LogP contribution in [0.5, 0.6) is 0 Å². The molecule has 2 fully saturated rings. The Hall–Kier alpha value is -2.53. The molecule has 0 amide bonds. The number of nitrogens with two attached hydrogens (primary N) is 1. The highest BCUT2D eigenvalue weighted by Gasteiger charge is 2.52. The number of rotatable bonds is 4. The molecule has 0 aromatic carbocycles. The van der Waals surface area contributed by atoms with Gasteiger partial charge in [-0.3, -0.25) is 9.47 Å². The van der Waals surface area contributed by atoms with E-state index in [1.807, 2.05) is 4.90 Å². The van der Waals surface area contributed by atoms with Gasteiger partial charge in [0.1, 0.15) is 5.82 Å². The molecular formula is C16H22F2N6O3. The summed E-state index contributed by atoms with van der Waals surface area (Å²) in [5, 5.41) is 20.4. The van der Waals surface area contributed by atoms with Gasteiger partial charge in [0.15, 0.2) is 5.88 Å². The Morgan fingerprint density at radius 3 is 2.96 bits per heavy atom. The summed E-state index contributed by atoms with van der Waals surface area (Å²) in [6.07, 6.45) is -1.50. The van der Waals surface area contributed by atoms with Crippen LogP contribution < -0.4 is 16.7 Å². The van der Waals surface area contributed by atoms with Crippen LogP contribution in [0.4, 0.5) is 14.6 Å². The van der Waals surface area contributed by atoms with Crippen molar-refractivity contribution >= 4 is 11.5 Å². The zero-order chi connectivity index (χ0) is 19.8. The fraction of sp³-hybridized carbons (Fsp3) is 0.562. The molecule has 148 valence electrons. The summed E-state index contributed by atoms with van der Waals surface area (Å²) < 4.78 is 35.0. The number of nitrogen functional groups attached to an aromatic ring is 1. The lowest BCUT2D eigenvalue weighted by atomic mass is 10.0. The summed E-state index contributed by atoms with van der Waals surface area (Å²) in [5.74, 6) is -3.32.